The van der Waals surface area contributed by atoms with Gasteiger partial charge in [-0.2, -0.15) is 0 Å². The first kappa shape index (κ1) is 15.9. The van der Waals surface area contributed by atoms with Gasteiger partial charge in [-0.1, -0.05) is 20.8 Å². The molecule has 0 saturated heterocycles. The molecule has 16 heavy (non-hydrogen) atoms. The molecule has 0 atom stereocenters. The molecule has 0 fully saturated rings. The first-order valence-corrected chi connectivity index (χ1v) is 7.79. The zero-order valence-corrected chi connectivity index (χ0v) is 11.5. The van der Waals surface area contributed by atoms with E-state index in [2.05, 4.69) is 19.2 Å². The van der Waals surface area contributed by atoms with Crippen molar-refractivity contribution in [1.82, 2.24) is 5.32 Å². The van der Waals surface area contributed by atoms with E-state index in [1.807, 2.05) is 6.92 Å². The van der Waals surface area contributed by atoms with Gasteiger partial charge in [0.25, 0.3) is 0 Å². The Morgan fingerprint density at radius 3 is 2.44 bits per heavy atom. The van der Waals surface area contributed by atoms with Gasteiger partial charge in [0.1, 0.15) is 0 Å². The van der Waals surface area contributed by atoms with Crippen LogP contribution in [0.25, 0.3) is 0 Å². The van der Waals surface area contributed by atoms with Crippen molar-refractivity contribution in [3.05, 3.63) is 0 Å². The Morgan fingerprint density at radius 1 is 1.19 bits per heavy atom. The summed E-state index contributed by atoms with van der Waals surface area (Å²) in [4.78, 5) is 0. The summed E-state index contributed by atoms with van der Waals surface area (Å²) in [6, 6.07) is 0. The van der Waals surface area contributed by atoms with Crippen LogP contribution in [-0.2, 0) is 14.6 Å². The first-order valence-electron chi connectivity index (χ1n) is 5.97. The molecule has 1 N–H and O–H groups in total. The van der Waals surface area contributed by atoms with Crippen molar-refractivity contribution in [3.8, 4) is 0 Å². The molecule has 0 aromatic rings. The molecule has 0 radical (unpaired) electrons. The third kappa shape index (κ3) is 10.4. The van der Waals surface area contributed by atoms with Crippen LogP contribution in [0.5, 0.6) is 0 Å². The summed E-state index contributed by atoms with van der Waals surface area (Å²) >= 11 is 0. The summed E-state index contributed by atoms with van der Waals surface area (Å²) in [6.45, 7) is 8.73. The normalized spacial score (nSPS) is 12.2. The van der Waals surface area contributed by atoms with E-state index in [0.29, 0.717) is 37.8 Å². The summed E-state index contributed by atoms with van der Waals surface area (Å²) in [5.41, 5.74) is 0. The van der Waals surface area contributed by atoms with E-state index in [1.54, 1.807) is 0 Å². The quantitative estimate of drug-likeness (QED) is 0.590. The van der Waals surface area contributed by atoms with Gasteiger partial charge in [0.2, 0.25) is 0 Å². The van der Waals surface area contributed by atoms with Gasteiger partial charge >= 0.3 is 0 Å². The molecule has 0 spiro atoms. The summed E-state index contributed by atoms with van der Waals surface area (Å²) < 4.78 is 28.0. The zero-order chi connectivity index (χ0) is 12.4. The molecular formula is C11H25NO3S. The van der Waals surface area contributed by atoms with Gasteiger partial charge in [0.15, 0.2) is 9.84 Å². The fourth-order valence-corrected chi connectivity index (χ4v) is 2.51. The van der Waals surface area contributed by atoms with Crippen LogP contribution in [-0.4, -0.2) is 46.2 Å². The van der Waals surface area contributed by atoms with Crippen molar-refractivity contribution in [2.45, 2.75) is 27.2 Å². The minimum atomic E-state index is -2.84. The van der Waals surface area contributed by atoms with Crippen molar-refractivity contribution in [3.63, 3.8) is 0 Å². The van der Waals surface area contributed by atoms with Crippen LogP contribution < -0.4 is 5.32 Å². The number of rotatable bonds is 10. The predicted molar refractivity (Wildman–Crippen MR) is 67.5 cm³/mol. The van der Waals surface area contributed by atoms with Crippen molar-refractivity contribution in [1.29, 1.82) is 0 Å². The average molecular weight is 251 g/mol. The Morgan fingerprint density at radius 2 is 1.88 bits per heavy atom. The van der Waals surface area contributed by atoms with E-state index in [0.717, 1.165) is 6.61 Å². The molecule has 4 nitrogen and oxygen atoms in total. The summed E-state index contributed by atoms with van der Waals surface area (Å²) in [5.74, 6) is 1.06. The van der Waals surface area contributed by atoms with Crippen LogP contribution in [0.15, 0.2) is 0 Å². The highest BCUT2D eigenvalue weighted by atomic mass is 32.2. The highest BCUT2D eigenvalue weighted by Crippen LogP contribution is 1.92. The summed E-state index contributed by atoms with van der Waals surface area (Å²) in [7, 11) is -2.84. The minimum absolute atomic E-state index is 0.227. The highest BCUT2D eigenvalue weighted by molar-refractivity contribution is 7.91. The Balaban J connectivity index is 3.33. The van der Waals surface area contributed by atoms with Crippen molar-refractivity contribution >= 4 is 9.84 Å². The molecule has 0 bridgehead atoms. The van der Waals surface area contributed by atoms with E-state index >= 15 is 0 Å². The van der Waals surface area contributed by atoms with Crippen molar-refractivity contribution in [2.75, 3.05) is 37.8 Å². The summed E-state index contributed by atoms with van der Waals surface area (Å²) in [5, 5.41) is 3.07. The van der Waals surface area contributed by atoms with Gasteiger partial charge in [0, 0.05) is 25.4 Å². The largest absolute Gasteiger partial charge is 0.380 e. The Labute approximate surface area is 99.7 Å². The number of sulfone groups is 1. The highest BCUT2D eigenvalue weighted by Gasteiger charge is 2.07. The molecule has 0 aromatic carbocycles. The maximum Gasteiger partial charge on any atom is 0.151 e. The lowest BCUT2D eigenvalue weighted by Crippen LogP contribution is -2.27. The smallest absolute Gasteiger partial charge is 0.151 e. The second kappa shape index (κ2) is 8.96. The second-order valence-electron chi connectivity index (χ2n) is 4.37. The molecule has 5 heteroatoms. The molecular weight excluding hydrogens is 226 g/mol. The van der Waals surface area contributed by atoms with E-state index < -0.39 is 9.84 Å². The SMILES string of the molecule is CCCS(=O)(=O)CCNCCOCC(C)C. The molecule has 0 aromatic heterocycles. The van der Waals surface area contributed by atoms with Gasteiger partial charge < -0.3 is 10.1 Å². The Kier molecular flexibility index (Phi) is 8.89. The second-order valence-corrected chi connectivity index (χ2v) is 6.67. The molecule has 0 aliphatic heterocycles. The molecule has 0 aliphatic rings. The van der Waals surface area contributed by atoms with Gasteiger partial charge in [-0.15, -0.1) is 0 Å². The third-order valence-electron chi connectivity index (χ3n) is 1.98. The zero-order valence-electron chi connectivity index (χ0n) is 10.7. The average Bonchev–Trinajstić information content (AvgIpc) is 2.15. The fourth-order valence-electron chi connectivity index (χ4n) is 1.23. The van der Waals surface area contributed by atoms with Crippen LogP contribution in [0.3, 0.4) is 0 Å². The van der Waals surface area contributed by atoms with Crippen LogP contribution in [0, 0.1) is 5.92 Å². The Hall–Kier alpha value is -0.130. The van der Waals surface area contributed by atoms with Gasteiger partial charge in [-0.05, 0) is 12.3 Å². The number of hydrogen-bond donors (Lipinski definition) is 1. The number of nitrogens with one attached hydrogen (secondary N) is 1. The molecule has 0 unspecified atom stereocenters. The topological polar surface area (TPSA) is 55.4 Å². The van der Waals surface area contributed by atoms with Crippen LogP contribution in [0.4, 0.5) is 0 Å². The lowest BCUT2D eigenvalue weighted by Gasteiger charge is -2.08. The van der Waals surface area contributed by atoms with E-state index in [1.165, 1.54) is 0 Å². The maximum atomic E-state index is 11.3. The first-order chi connectivity index (χ1) is 7.48. The Bertz CT molecular complexity index is 250. The van der Waals surface area contributed by atoms with Crippen LogP contribution >= 0.6 is 0 Å². The van der Waals surface area contributed by atoms with Crippen LogP contribution in [0.1, 0.15) is 27.2 Å². The monoisotopic (exact) mass is 251 g/mol. The van der Waals surface area contributed by atoms with Gasteiger partial charge in [0.05, 0.1) is 12.4 Å². The molecule has 0 aliphatic carbocycles. The maximum absolute atomic E-state index is 11.3. The van der Waals surface area contributed by atoms with E-state index in [4.69, 9.17) is 4.74 Å². The van der Waals surface area contributed by atoms with Crippen LogP contribution in [0.2, 0.25) is 0 Å². The van der Waals surface area contributed by atoms with Crippen molar-refractivity contribution < 1.29 is 13.2 Å². The fraction of sp³-hybridized carbons (Fsp3) is 1.00. The predicted octanol–water partition coefficient (Wildman–Crippen LogP) is 1.07. The van der Waals surface area contributed by atoms with E-state index in [9.17, 15) is 8.42 Å². The van der Waals surface area contributed by atoms with E-state index in [-0.39, 0.29) is 5.75 Å². The summed E-state index contributed by atoms with van der Waals surface area (Å²) in [6.07, 6.45) is 0.694. The lowest BCUT2D eigenvalue weighted by molar-refractivity contribution is 0.112. The molecule has 0 heterocycles. The number of ether oxygens (including phenoxy) is 1. The van der Waals surface area contributed by atoms with Gasteiger partial charge in [-0.3, -0.25) is 0 Å². The molecule has 0 rings (SSSR count). The molecule has 0 amide bonds. The molecule has 0 saturated carbocycles. The lowest BCUT2D eigenvalue weighted by atomic mass is 10.2. The number of hydrogen-bond acceptors (Lipinski definition) is 4. The van der Waals surface area contributed by atoms with Gasteiger partial charge in [-0.25, -0.2) is 8.42 Å². The van der Waals surface area contributed by atoms with Crippen molar-refractivity contribution in [2.24, 2.45) is 5.92 Å². The minimum Gasteiger partial charge on any atom is -0.380 e. The standard InChI is InChI=1S/C11H25NO3S/c1-4-8-16(13,14)9-6-12-5-7-15-10-11(2)3/h11-12H,4-10H2,1-3H3. The molecule has 98 valence electrons. The third-order valence-corrected chi connectivity index (χ3v) is 3.84.